The van der Waals surface area contributed by atoms with E-state index in [9.17, 15) is 13.2 Å². The minimum atomic E-state index is -3.80. The molecule has 8 heteroatoms. The Kier molecular flexibility index (Phi) is 8.97. The number of benzene rings is 3. The Balaban J connectivity index is 1.50. The summed E-state index contributed by atoms with van der Waals surface area (Å²) < 4.78 is 34.3. The Bertz CT molecular complexity index is 1410. The second-order valence-corrected chi connectivity index (χ2v) is 12.2. The minimum absolute atomic E-state index is 0.0458. The molecule has 1 fully saturated rings. The zero-order valence-electron chi connectivity index (χ0n) is 23.5. The molecule has 1 aliphatic heterocycles. The standard InChI is InChI=1S/C31H39N3O4S/c1-22-13-14-24(3)30(19-22)33-15-17-34(18-16-33)31(35)25(4)29(28-12-7-6-9-23(28)2)21-32-39(36,37)27-11-8-10-26(20-27)38-5/h6-14,19-20,25,29,32H,15-18,21H2,1-5H3/t25-,29-/m1/s1. The van der Waals surface area contributed by atoms with Crippen molar-refractivity contribution in [2.75, 3.05) is 44.7 Å². The normalized spacial score (nSPS) is 15.6. The number of hydrogen-bond donors (Lipinski definition) is 1. The fraction of sp³-hybridized carbons (Fsp3) is 0.387. The fourth-order valence-corrected chi connectivity index (χ4v) is 6.39. The van der Waals surface area contributed by atoms with Crippen molar-refractivity contribution in [3.05, 3.63) is 89.0 Å². The highest BCUT2D eigenvalue weighted by Gasteiger charge is 2.33. The predicted octanol–water partition coefficient (Wildman–Crippen LogP) is 4.67. The van der Waals surface area contributed by atoms with Gasteiger partial charge in [0.2, 0.25) is 15.9 Å². The van der Waals surface area contributed by atoms with E-state index in [1.165, 1.54) is 36.1 Å². The number of ether oxygens (including phenoxy) is 1. The van der Waals surface area contributed by atoms with Crippen LogP contribution in [0.3, 0.4) is 0 Å². The van der Waals surface area contributed by atoms with Crippen LogP contribution in [0.25, 0.3) is 0 Å². The van der Waals surface area contributed by atoms with Crippen molar-refractivity contribution in [2.45, 2.75) is 38.5 Å². The van der Waals surface area contributed by atoms with Crippen LogP contribution in [0, 0.1) is 26.7 Å². The number of piperazine rings is 1. The molecule has 2 atom stereocenters. The van der Waals surface area contributed by atoms with E-state index in [-0.39, 0.29) is 23.3 Å². The number of sulfonamides is 1. The number of rotatable bonds is 9. The second-order valence-electron chi connectivity index (χ2n) is 10.4. The molecule has 0 spiro atoms. The Labute approximate surface area is 232 Å². The van der Waals surface area contributed by atoms with Gasteiger partial charge in [0.15, 0.2) is 0 Å². The van der Waals surface area contributed by atoms with E-state index in [1.807, 2.05) is 43.0 Å². The van der Waals surface area contributed by atoms with Crippen LogP contribution < -0.4 is 14.4 Å². The van der Waals surface area contributed by atoms with Crippen molar-refractivity contribution < 1.29 is 17.9 Å². The maximum absolute atomic E-state index is 13.8. The zero-order valence-corrected chi connectivity index (χ0v) is 24.3. The molecule has 0 aliphatic carbocycles. The second kappa shape index (κ2) is 12.2. The lowest BCUT2D eigenvalue weighted by molar-refractivity contribution is -0.136. The third-order valence-corrected chi connectivity index (χ3v) is 9.14. The lowest BCUT2D eigenvalue weighted by Crippen LogP contribution is -2.51. The third-order valence-electron chi connectivity index (χ3n) is 7.72. The molecule has 1 amide bonds. The van der Waals surface area contributed by atoms with Gasteiger partial charge in [-0.1, -0.05) is 49.4 Å². The first kappa shape index (κ1) is 28.6. The van der Waals surface area contributed by atoms with Crippen molar-refractivity contribution in [1.82, 2.24) is 9.62 Å². The fourth-order valence-electron chi connectivity index (χ4n) is 5.30. The van der Waals surface area contributed by atoms with Crippen LogP contribution in [0.15, 0.2) is 71.6 Å². The largest absolute Gasteiger partial charge is 0.497 e. The Morgan fingerprint density at radius 2 is 1.64 bits per heavy atom. The van der Waals surface area contributed by atoms with Gasteiger partial charge in [0.25, 0.3) is 0 Å². The van der Waals surface area contributed by atoms with E-state index in [0.717, 1.165) is 24.2 Å². The Morgan fingerprint density at radius 3 is 2.33 bits per heavy atom. The van der Waals surface area contributed by atoms with E-state index in [4.69, 9.17) is 4.74 Å². The van der Waals surface area contributed by atoms with Crippen molar-refractivity contribution in [3.8, 4) is 5.75 Å². The molecule has 1 N–H and O–H groups in total. The van der Waals surface area contributed by atoms with Gasteiger partial charge < -0.3 is 14.5 Å². The van der Waals surface area contributed by atoms with Gasteiger partial charge in [-0.15, -0.1) is 0 Å². The number of carbonyl (C=O) groups is 1. The molecule has 0 bridgehead atoms. The van der Waals surface area contributed by atoms with Crippen LogP contribution in [0.4, 0.5) is 5.69 Å². The number of methoxy groups -OCH3 is 1. The molecule has 4 rings (SSSR count). The number of anilines is 1. The van der Waals surface area contributed by atoms with Crippen LogP contribution in [-0.2, 0) is 14.8 Å². The van der Waals surface area contributed by atoms with Gasteiger partial charge >= 0.3 is 0 Å². The molecule has 1 saturated heterocycles. The molecule has 7 nitrogen and oxygen atoms in total. The summed E-state index contributed by atoms with van der Waals surface area (Å²) in [6.45, 7) is 11.0. The zero-order chi connectivity index (χ0) is 28.2. The molecule has 1 heterocycles. The maximum atomic E-state index is 13.8. The molecule has 0 aromatic heterocycles. The molecule has 208 valence electrons. The van der Waals surface area contributed by atoms with E-state index in [0.29, 0.717) is 18.8 Å². The Morgan fingerprint density at radius 1 is 0.923 bits per heavy atom. The molecule has 0 unspecified atom stereocenters. The molecule has 39 heavy (non-hydrogen) atoms. The number of amides is 1. The first-order chi connectivity index (χ1) is 18.6. The molecule has 0 radical (unpaired) electrons. The smallest absolute Gasteiger partial charge is 0.240 e. The lowest BCUT2D eigenvalue weighted by Gasteiger charge is -2.39. The van der Waals surface area contributed by atoms with Crippen LogP contribution >= 0.6 is 0 Å². The van der Waals surface area contributed by atoms with Crippen molar-refractivity contribution in [3.63, 3.8) is 0 Å². The van der Waals surface area contributed by atoms with Gasteiger partial charge in [0, 0.05) is 56.3 Å². The van der Waals surface area contributed by atoms with Gasteiger partial charge in [-0.25, -0.2) is 13.1 Å². The van der Waals surface area contributed by atoms with Crippen LogP contribution in [0.2, 0.25) is 0 Å². The first-order valence-corrected chi connectivity index (χ1v) is 14.9. The van der Waals surface area contributed by atoms with Crippen LogP contribution in [-0.4, -0.2) is 59.1 Å². The van der Waals surface area contributed by atoms with Crippen molar-refractivity contribution in [2.24, 2.45) is 5.92 Å². The molecule has 3 aromatic rings. The summed E-state index contributed by atoms with van der Waals surface area (Å²) in [6.07, 6.45) is 0. The lowest BCUT2D eigenvalue weighted by atomic mass is 9.84. The number of hydrogen-bond acceptors (Lipinski definition) is 5. The molecule has 0 saturated carbocycles. The van der Waals surface area contributed by atoms with Gasteiger partial charge in [-0.3, -0.25) is 4.79 Å². The third kappa shape index (κ3) is 6.62. The van der Waals surface area contributed by atoms with E-state index >= 15 is 0 Å². The summed E-state index contributed by atoms with van der Waals surface area (Å²) in [4.78, 5) is 18.2. The number of nitrogens with zero attached hydrogens (tertiary/aromatic N) is 2. The summed E-state index contributed by atoms with van der Waals surface area (Å²) in [5.41, 5.74) is 5.68. The molecule has 1 aliphatic rings. The molecule has 3 aromatic carbocycles. The highest BCUT2D eigenvalue weighted by atomic mass is 32.2. The highest BCUT2D eigenvalue weighted by molar-refractivity contribution is 7.89. The predicted molar refractivity (Wildman–Crippen MR) is 156 cm³/mol. The highest BCUT2D eigenvalue weighted by Crippen LogP contribution is 2.30. The monoisotopic (exact) mass is 549 g/mol. The minimum Gasteiger partial charge on any atom is -0.497 e. The maximum Gasteiger partial charge on any atom is 0.240 e. The van der Waals surface area contributed by atoms with Crippen molar-refractivity contribution in [1.29, 1.82) is 0 Å². The van der Waals surface area contributed by atoms with Crippen LogP contribution in [0.5, 0.6) is 5.75 Å². The average Bonchev–Trinajstić information content (AvgIpc) is 2.95. The summed E-state index contributed by atoms with van der Waals surface area (Å²) >= 11 is 0. The van der Waals surface area contributed by atoms with E-state index in [2.05, 4.69) is 41.7 Å². The number of aryl methyl sites for hydroxylation is 3. The molecular formula is C31H39N3O4S. The van der Waals surface area contributed by atoms with E-state index in [1.54, 1.807) is 12.1 Å². The molecular weight excluding hydrogens is 510 g/mol. The van der Waals surface area contributed by atoms with Crippen LogP contribution in [0.1, 0.15) is 35.1 Å². The van der Waals surface area contributed by atoms with E-state index < -0.39 is 15.9 Å². The summed E-state index contributed by atoms with van der Waals surface area (Å²) in [6, 6.07) is 20.7. The van der Waals surface area contributed by atoms with Gasteiger partial charge in [-0.05, 0) is 61.2 Å². The van der Waals surface area contributed by atoms with Crippen molar-refractivity contribution >= 4 is 21.6 Å². The van der Waals surface area contributed by atoms with Gasteiger partial charge in [-0.2, -0.15) is 0 Å². The summed E-state index contributed by atoms with van der Waals surface area (Å²) in [7, 11) is -2.30. The summed E-state index contributed by atoms with van der Waals surface area (Å²) in [5, 5.41) is 0. The Hall–Kier alpha value is -3.36. The van der Waals surface area contributed by atoms with Gasteiger partial charge in [0.05, 0.1) is 12.0 Å². The number of nitrogens with one attached hydrogen (secondary N) is 1. The topological polar surface area (TPSA) is 78.9 Å². The SMILES string of the molecule is COc1cccc(S(=O)(=O)NC[C@@H](c2ccccc2C)[C@@H](C)C(=O)N2CCN(c3cc(C)ccc3C)CC2)c1. The van der Waals surface area contributed by atoms with Gasteiger partial charge in [0.1, 0.15) is 5.75 Å². The first-order valence-electron chi connectivity index (χ1n) is 13.4. The quantitative estimate of drug-likeness (QED) is 0.420. The number of carbonyl (C=O) groups excluding carboxylic acids is 1. The summed E-state index contributed by atoms with van der Waals surface area (Å²) in [5.74, 6) is -0.219. The average molecular weight is 550 g/mol.